The van der Waals surface area contributed by atoms with E-state index < -0.39 is 19.6 Å². The largest absolute Gasteiger partial charge is 0.762 e. The molecule has 0 aliphatic carbocycles. The van der Waals surface area contributed by atoms with Crippen LogP contribution in [0.3, 0.4) is 0 Å². The SMILES string of the molecule is FB(F)F.O=C(O)C1CCCOO1. The average molecular weight is 200 g/mol. The van der Waals surface area contributed by atoms with Crippen LogP contribution in [0.15, 0.2) is 0 Å². The van der Waals surface area contributed by atoms with Gasteiger partial charge in [-0.3, -0.25) is 12.9 Å². The Labute approximate surface area is 72.8 Å². The van der Waals surface area contributed by atoms with Crippen molar-refractivity contribution in [2.24, 2.45) is 0 Å². The van der Waals surface area contributed by atoms with E-state index in [0.717, 1.165) is 6.42 Å². The first-order valence-corrected chi connectivity index (χ1v) is 3.47. The smallest absolute Gasteiger partial charge is 0.479 e. The van der Waals surface area contributed by atoms with E-state index in [2.05, 4.69) is 9.78 Å². The highest BCUT2D eigenvalue weighted by molar-refractivity contribution is 6.33. The van der Waals surface area contributed by atoms with Crippen LogP contribution in [0.25, 0.3) is 0 Å². The van der Waals surface area contributed by atoms with E-state index in [1.807, 2.05) is 0 Å². The predicted molar refractivity (Wildman–Crippen MR) is 36.8 cm³/mol. The van der Waals surface area contributed by atoms with E-state index in [0.29, 0.717) is 13.0 Å². The van der Waals surface area contributed by atoms with Crippen molar-refractivity contribution in [2.45, 2.75) is 18.9 Å². The predicted octanol–water partition coefficient (Wildman–Crippen LogP) is 1.06. The zero-order valence-corrected chi connectivity index (χ0v) is 6.58. The molecular weight excluding hydrogens is 192 g/mol. The Morgan fingerprint density at radius 1 is 1.46 bits per heavy atom. The number of hydrogen-bond acceptors (Lipinski definition) is 3. The van der Waals surface area contributed by atoms with Crippen LogP contribution in [-0.4, -0.2) is 31.3 Å². The third-order valence-corrected chi connectivity index (χ3v) is 1.15. The Morgan fingerprint density at radius 2 is 2.00 bits per heavy atom. The van der Waals surface area contributed by atoms with Crippen LogP contribution < -0.4 is 0 Å². The van der Waals surface area contributed by atoms with Gasteiger partial charge >= 0.3 is 13.5 Å². The zero-order chi connectivity index (χ0) is 10.3. The molecule has 0 bridgehead atoms. The maximum Gasteiger partial charge on any atom is 0.762 e. The standard InChI is InChI=1S/C5H8O4.BF3/c6-5(7)4-2-1-3-8-9-4;2-1(3)4/h4H,1-3H2,(H,6,7);. The summed E-state index contributed by atoms with van der Waals surface area (Å²) in [5.41, 5.74) is 0. The van der Waals surface area contributed by atoms with Crippen LogP contribution in [0.4, 0.5) is 12.9 Å². The Morgan fingerprint density at radius 3 is 2.23 bits per heavy atom. The summed E-state index contributed by atoms with van der Waals surface area (Å²) in [6.45, 7) is 0.504. The van der Waals surface area contributed by atoms with Gasteiger partial charge in [-0.2, -0.15) is 0 Å². The Hall–Kier alpha value is -0.755. The molecule has 1 aliphatic heterocycles. The highest BCUT2D eigenvalue weighted by Gasteiger charge is 2.21. The molecule has 0 saturated carbocycles. The van der Waals surface area contributed by atoms with E-state index in [9.17, 15) is 17.7 Å². The van der Waals surface area contributed by atoms with Gasteiger partial charge in [0, 0.05) is 0 Å². The molecule has 0 amide bonds. The molecule has 8 heteroatoms. The van der Waals surface area contributed by atoms with Crippen molar-refractivity contribution < 1.29 is 32.6 Å². The normalized spacial score (nSPS) is 21.3. The molecule has 1 atom stereocenters. The first kappa shape index (κ1) is 12.2. The Bertz CT molecular complexity index is 148. The molecule has 0 aromatic heterocycles. The fourth-order valence-electron chi connectivity index (χ4n) is 0.671. The van der Waals surface area contributed by atoms with Crippen LogP contribution in [0.1, 0.15) is 12.8 Å². The number of halogens is 3. The molecule has 76 valence electrons. The maximum atomic E-state index is 10.1. The molecule has 0 radical (unpaired) electrons. The van der Waals surface area contributed by atoms with Gasteiger partial charge in [0.1, 0.15) is 0 Å². The van der Waals surface area contributed by atoms with E-state index in [4.69, 9.17) is 5.11 Å². The first-order valence-electron chi connectivity index (χ1n) is 3.47. The van der Waals surface area contributed by atoms with Crippen molar-refractivity contribution in [3.05, 3.63) is 0 Å². The van der Waals surface area contributed by atoms with Crippen LogP contribution in [0.5, 0.6) is 0 Å². The van der Waals surface area contributed by atoms with Gasteiger partial charge in [0.15, 0.2) is 6.10 Å². The molecule has 13 heavy (non-hydrogen) atoms. The third-order valence-electron chi connectivity index (χ3n) is 1.15. The van der Waals surface area contributed by atoms with Crippen LogP contribution in [-0.2, 0) is 14.6 Å². The Kier molecular flexibility index (Phi) is 6.34. The number of rotatable bonds is 1. The Balaban J connectivity index is 0.000000310. The lowest BCUT2D eigenvalue weighted by molar-refractivity contribution is -0.338. The summed E-state index contributed by atoms with van der Waals surface area (Å²) in [7, 11) is -3.67. The molecule has 1 aliphatic rings. The van der Waals surface area contributed by atoms with Gasteiger partial charge in [-0.15, -0.1) is 0 Å². The molecular formula is C5H8BF3O4. The number of aliphatic carboxylic acids is 1. The fraction of sp³-hybridized carbons (Fsp3) is 0.800. The molecule has 4 nitrogen and oxygen atoms in total. The van der Waals surface area contributed by atoms with Crippen molar-refractivity contribution >= 4 is 13.5 Å². The van der Waals surface area contributed by atoms with Crippen LogP contribution in [0.2, 0.25) is 0 Å². The second-order valence-corrected chi connectivity index (χ2v) is 2.13. The van der Waals surface area contributed by atoms with E-state index in [-0.39, 0.29) is 0 Å². The summed E-state index contributed by atoms with van der Waals surface area (Å²) < 4.78 is 29.0. The molecule has 1 N–H and O–H groups in total. The minimum atomic E-state index is -3.67. The summed E-state index contributed by atoms with van der Waals surface area (Å²) >= 11 is 0. The minimum Gasteiger partial charge on any atom is -0.479 e. The minimum absolute atomic E-state index is 0.504. The van der Waals surface area contributed by atoms with E-state index >= 15 is 0 Å². The number of carbonyl (C=O) groups is 1. The summed E-state index contributed by atoms with van der Waals surface area (Å²) in [4.78, 5) is 19.1. The van der Waals surface area contributed by atoms with Gasteiger partial charge in [-0.25, -0.2) is 14.6 Å². The average Bonchev–Trinajstić information content (AvgIpc) is 2.05. The van der Waals surface area contributed by atoms with E-state index in [1.165, 1.54) is 0 Å². The highest BCUT2D eigenvalue weighted by atomic mass is 19.4. The lowest BCUT2D eigenvalue weighted by atomic mass is 10.2. The zero-order valence-electron chi connectivity index (χ0n) is 6.58. The highest BCUT2D eigenvalue weighted by Crippen LogP contribution is 2.09. The van der Waals surface area contributed by atoms with Gasteiger partial charge in [0.05, 0.1) is 6.61 Å². The molecule has 1 unspecified atom stereocenters. The summed E-state index contributed by atoms with van der Waals surface area (Å²) in [5.74, 6) is -0.949. The third kappa shape index (κ3) is 7.60. The first-order chi connectivity index (χ1) is 6.04. The van der Waals surface area contributed by atoms with Gasteiger partial charge in [0.25, 0.3) is 0 Å². The lowest BCUT2D eigenvalue weighted by Crippen LogP contribution is -2.28. The molecule has 1 heterocycles. The van der Waals surface area contributed by atoms with Gasteiger partial charge in [0.2, 0.25) is 0 Å². The van der Waals surface area contributed by atoms with Gasteiger partial charge in [-0.05, 0) is 12.8 Å². The van der Waals surface area contributed by atoms with Gasteiger partial charge < -0.3 is 5.11 Å². The van der Waals surface area contributed by atoms with E-state index in [1.54, 1.807) is 0 Å². The number of carboxylic acid groups (broad SMARTS) is 1. The van der Waals surface area contributed by atoms with Crippen molar-refractivity contribution in [1.82, 2.24) is 0 Å². The maximum absolute atomic E-state index is 10.1. The van der Waals surface area contributed by atoms with Gasteiger partial charge in [-0.1, -0.05) is 0 Å². The lowest BCUT2D eigenvalue weighted by Gasteiger charge is -2.16. The molecule has 0 aromatic rings. The summed E-state index contributed by atoms with van der Waals surface area (Å²) in [5, 5.41) is 8.33. The van der Waals surface area contributed by atoms with Crippen LogP contribution >= 0.6 is 0 Å². The molecule has 0 spiro atoms. The quantitative estimate of drug-likeness (QED) is 0.507. The van der Waals surface area contributed by atoms with Crippen molar-refractivity contribution in [3.63, 3.8) is 0 Å². The second kappa shape index (κ2) is 6.73. The summed E-state index contributed by atoms with van der Waals surface area (Å²) in [6.07, 6.45) is 0.561. The monoisotopic (exact) mass is 200 g/mol. The van der Waals surface area contributed by atoms with Crippen molar-refractivity contribution in [3.8, 4) is 0 Å². The second-order valence-electron chi connectivity index (χ2n) is 2.13. The number of hydrogen-bond donors (Lipinski definition) is 1. The van der Waals surface area contributed by atoms with Crippen LogP contribution in [0, 0.1) is 0 Å². The molecule has 1 rings (SSSR count). The summed E-state index contributed by atoms with van der Waals surface area (Å²) in [6, 6.07) is 0. The molecule has 0 aromatic carbocycles. The topological polar surface area (TPSA) is 55.8 Å². The molecule has 1 fully saturated rings. The van der Waals surface area contributed by atoms with Crippen molar-refractivity contribution in [2.75, 3.05) is 6.61 Å². The van der Waals surface area contributed by atoms with Crippen molar-refractivity contribution in [1.29, 1.82) is 0 Å². The fourth-order valence-corrected chi connectivity index (χ4v) is 0.671. The molecule has 1 saturated heterocycles. The number of carboxylic acids is 1.